The molecule has 1 aliphatic rings. The highest BCUT2D eigenvalue weighted by Gasteiger charge is 2.30. The first-order valence-electron chi connectivity index (χ1n) is 14.8. The minimum Gasteiger partial charge on any atom is -0.354 e. The van der Waals surface area contributed by atoms with Gasteiger partial charge in [0.15, 0.2) is 11.6 Å². The number of benzene rings is 1. The fraction of sp³-hybridized carbons (Fsp3) is 0.452. The van der Waals surface area contributed by atoms with E-state index in [1.54, 1.807) is 6.92 Å². The lowest BCUT2D eigenvalue weighted by atomic mass is 10.0. The number of hydrogen-bond acceptors (Lipinski definition) is 7. The normalized spacial score (nSPS) is 19.3. The number of rotatable bonds is 4. The summed E-state index contributed by atoms with van der Waals surface area (Å²) in [6.07, 6.45) is 3.30. The number of nitrogens with one attached hydrogen (secondary N) is 3. The SMILES string of the molecule is Cc1nc2n(n1)CC(=O)NCCCN(C(=O)c1ccncc1F)CCCC(=O)N[C@H](Cc1ccccc1)C(=O)N[C@H]2C(C)C. The van der Waals surface area contributed by atoms with Crippen LogP contribution in [0.2, 0.25) is 0 Å². The van der Waals surface area contributed by atoms with Gasteiger partial charge in [0.1, 0.15) is 18.4 Å². The summed E-state index contributed by atoms with van der Waals surface area (Å²) in [5.74, 6) is -1.55. The largest absolute Gasteiger partial charge is 0.354 e. The van der Waals surface area contributed by atoms with Crippen molar-refractivity contribution in [1.29, 1.82) is 0 Å². The Bertz CT molecular complexity index is 1460. The van der Waals surface area contributed by atoms with E-state index in [0.717, 1.165) is 11.8 Å². The zero-order valence-electron chi connectivity index (χ0n) is 25.3. The maximum absolute atomic E-state index is 14.4. The number of halogens is 1. The molecule has 0 saturated carbocycles. The first-order valence-corrected chi connectivity index (χ1v) is 14.8. The van der Waals surface area contributed by atoms with E-state index < -0.39 is 29.7 Å². The van der Waals surface area contributed by atoms with E-state index in [1.165, 1.54) is 21.8 Å². The van der Waals surface area contributed by atoms with Crippen molar-refractivity contribution in [2.45, 2.75) is 65.1 Å². The molecular weight excluding hydrogens is 567 g/mol. The Morgan fingerprint density at radius 1 is 1.05 bits per heavy atom. The number of amides is 4. The molecule has 4 rings (SSSR count). The van der Waals surface area contributed by atoms with Gasteiger partial charge in [-0.05, 0) is 37.3 Å². The second-order valence-corrected chi connectivity index (χ2v) is 11.2. The Morgan fingerprint density at radius 2 is 1.80 bits per heavy atom. The van der Waals surface area contributed by atoms with E-state index in [9.17, 15) is 23.6 Å². The van der Waals surface area contributed by atoms with Crippen LogP contribution in [0.15, 0.2) is 48.8 Å². The zero-order valence-corrected chi connectivity index (χ0v) is 25.3. The second-order valence-electron chi connectivity index (χ2n) is 11.2. The number of fused-ring (bicyclic) bond motifs is 1. The van der Waals surface area contributed by atoms with Gasteiger partial charge in [0, 0.05) is 38.7 Å². The van der Waals surface area contributed by atoms with Crippen LogP contribution in [0, 0.1) is 18.7 Å². The van der Waals surface area contributed by atoms with Gasteiger partial charge in [0.05, 0.1) is 17.8 Å². The third-order valence-corrected chi connectivity index (χ3v) is 7.33. The first-order chi connectivity index (χ1) is 21.1. The quantitative estimate of drug-likeness (QED) is 0.412. The minimum atomic E-state index is -0.894. The molecule has 44 heavy (non-hydrogen) atoms. The molecule has 3 aromatic rings. The van der Waals surface area contributed by atoms with Gasteiger partial charge in [-0.2, -0.15) is 5.10 Å². The highest BCUT2D eigenvalue weighted by Crippen LogP contribution is 2.21. The molecule has 0 fully saturated rings. The monoisotopic (exact) mass is 606 g/mol. The van der Waals surface area contributed by atoms with Gasteiger partial charge in [-0.15, -0.1) is 0 Å². The summed E-state index contributed by atoms with van der Waals surface area (Å²) in [6.45, 7) is 6.12. The van der Waals surface area contributed by atoms with Crippen molar-refractivity contribution >= 4 is 23.6 Å². The van der Waals surface area contributed by atoms with Gasteiger partial charge in [0.25, 0.3) is 5.91 Å². The summed E-state index contributed by atoms with van der Waals surface area (Å²) in [4.78, 5) is 62.7. The van der Waals surface area contributed by atoms with Gasteiger partial charge in [-0.1, -0.05) is 44.2 Å². The number of aromatic nitrogens is 4. The molecule has 2 aromatic heterocycles. The Kier molecular flexibility index (Phi) is 11.1. The number of hydrogen-bond donors (Lipinski definition) is 3. The van der Waals surface area contributed by atoms with Gasteiger partial charge < -0.3 is 20.9 Å². The fourth-order valence-electron chi connectivity index (χ4n) is 5.08. The van der Waals surface area contributed by atoms with Crippen molar-refractivity contribution < 1.29 is 23.6 Å². The molecule has 13 heteroatoms. The third-order valence-electron chi connectivity index (χ3n) is 7.33. The molecule has 2 atom stereocenters. The van der Waals surface area contributed by atoms with Crippen LogP contribution in [-0.4, -0.2) is 74.0 Å². The molecular formula is C31H39FN8O4. The summed E-state index contributed by atoms with van der Waals surface area (Å²) in [7, 11) is 0. The molecule has 0 bridgehead atoms. The Labute approximate surface area is 255 Å². The second kappa shape index (κ2) is 15.2. The van der Waals surface area contributed by atoms with Gasteiger partial charge in [-0.25, -0.2) is 14.1 Å². The minimum absolute atomic E-state index is 0.0407. The molecule has 1 aliphatic heterocycles. The highest BCUT2D eigenvalue weighted by molar-refractivity contribution is 5.94. The molecule has 3 heterocycles. The molecule has 3 N–H and O–H groups in total. The van der Waals surface area contributed by atoms with E-state index in [1.807, 2.05) is 44.2 Å². The van der Waals surface area contributed by atoms with Crippen LogP contribution in [0.1, 0.15) is 66.7 Å². The Morgan fingerprint density at radius 3 is 2.52 bits per heavy atom. The number of nitrogens with zero attached hydrogens (tertiary/aromatic N) is 5. The van der Waals surface area contributed by atoms with Crippen molar-refractivity contribution in [3.05, 3.63) is 77.4 Å². The standard InChI is InChI=1S/C31H39FN8O4/c1-20(2)28-29-35-21(3)38-40(29)19-27(42)34-13-8-16-39(31(44)23-12-14-33-18-24(23)32)15-7-11-26(41)36-25(30(43)37-28)17-22-9-5-4-6-10-22/h4-6,9-10,12,14,18,20,25,28H,7-8,11,13,15-17,19H2,1-3H3,(H,34,42)(H,36,41)(H,37,43)/t25-,28+/m1/s1. The third kappa shape index (κ3) is 8.68. The van der Waals surface area contributed by atoms with E-state index in [0.29, 0.717) is 18.1 Å². The van der Waals surface area contributed by atoms with Crippen LogP contribution in [0.3, 0.4) is 0 Å². The van der Waals surface area contributed by atoms with E-state index >= 15 is 0 Å². The summed E-state index contributed by atoms with van der Waals surface area (Å²) in [6, 6.07) is 9.20. The van der Waals surface area contributed by atoms with Crippen LogP contribution in [0.25, 0.3) is 0 Å². The van der Waals surface area contributed by atoms with E-state index in [-0.39, 0.29) is 68.7 Å². The lowest BCUT2D eigenvalue weighted by Crippen LogP contribution is -2.50. The summed E-state index contributed by atoms with van der Waals surface area (Å²) in [5.41, 5.74) is 0.743. The molecule has 1 aromatic carbocycles. The predicted octanol–water partition coefficient (Wildman–Crippen LogP) is 2.10. The smallest absolute Gasteiger partial charge is 0.256 e. The van der Waals surface area contributed by atoms with Crippen LogP contribution in [0.4, 0.5) is 4.39 Å². The molecule has 0 spiro atoms. The molecule has 0 radical (unpaired) electrons. The van der Waals surface area contributed by atoms with Crippen molar-refractivity contribution in [1.82, 2.24) is 40.6 Å². The molecule has 4 amide bonds. The van der Waals surface area contributed by atoms with Crippen LogP contribution >= 0.6 is 0 Å². The zero-order chi connectivity index (χ0) is 31.6. The van der Waals surface area contributed by atoms with E-state index in [2.05, 4.69) is 31.0 Å². The van der Waals surface area contributed by atoms with Crippen LogP contribution < -0.4 is 16.0 Å². The van der Waals surface area contributed by atoms with Gasteiger partial charge >= 0.3 is 0 Å². The van der Waals surface area contributed by atoms with Crippen molar-refractivity contribution in [2.75, 3.05) is 19.6 Å². The summed E-state index contributed by atoms with van der Waals surface area (Å²) < 4.78 is 15.9. The Hall–Kier alpha value is -4.68. The van der Waals surface area contributed by atoms with Gasteiger partial charge in [0.2, 0.25) is 17.7 Å². The molecule has 0 unspecified atom stereocenters. The van der Waals surface area contributed by atoms with Crippen molar-refractivity contribution in [3.63, 3.8) is 0 Å². The maximum atomic E-state index is 14.4. The topological polar surface area (TPSA) is 151 Å². The predicted molar refractivity (Wildman–Crippen MR) is 160 cm³/mol. The van der Waals surface area contributed by atoms with Gasteiger partial charge in [-0.3, -0.25) is 24.2 Å². The molecule has 12 nitrogen and oxygen atoms in total. The number of pyridine rings is 1. The maximum Gasteiger partial charge on any atom is 0.256 e. The van der Waals surface area contributed by atoms with Crippen molar-refractivity contribution in [2.24, 2.45) is 5.92 Å². The van der Waals surface area contributed by atoms with E-state index in [4.69, 9.17) is 0 Å². The van der Waals surface area contributed by atoms with Crippen LogP contribution in [0.5, 0.6) is 0 Å². The summed E-state index contributed by atoms with van der Waals surface area (Å²) in [5, 5.41) is 13.1. The Balaban J connectivity index is 1.61. The molecule has 0 aliphatic carbocycles. The summed E-state index contributed by atoms with van der Waals surface area (Å²) >= 11 is 0. The number of aryl methyl sites for hydroxylation is 1. The van der Waals surface area contributed by atoms with Crippen molar-refractivity contribution in [3.8, 4) is 0 Å². The number of carbonyl (C=O) groups is 4. The lowest BCUT2D eigenvalue weighted by molar-refractivity contribution is -0.129. The molecule has 234 valence electrons. The number of carbonyl (C=O) groups excluding carboxylic acids is 4. The average molecular weight is 607 g/mol. The van der Waals surface area contributed by atoms with Crippen LogP contribution in [-0.2, 0) is 27.3 Å². The molecule has 0 saturated heterocycles. The first kappa shape index (κ1) is 32.2. The fourth-order valence-corrected chi connectivity index (χ4v) is 5.08. The highest BCUT2D eigenvalue weighted by atomic mass is 19.1. The average Bonchev–Trinajstić information content (AvgIpc) is 3.35. The lowest BCUT2D eigenvalue weighted by Gasteiger charge is -2.26.